The highest BCUT2D eigenvalue weighted by Gasteiger charge is 2.48. The Morgan fingerprint density at radius 3 is 2.59 bits per heavy atom. The van der Waals surface area contributed by atoms with E-state index in [0.29, 0.717) is 6.42 Å². The fraction of sp³-hybridized carbons (Fsp3) is 0.577. The lowest BCUT2D eigenvalue weighted by Crippen LogP contribution is -2.41. The van der Waals surface area contributed by atoms with Crippen LogP contribution in [0.1, 0.15) is 81.5 Å². The van der Waals surface area contributed by atoms with E-state index in [4.69, 9.17) is 0 Å². The van der Waals surface area contributed by atoms with E-state index < -0.39 is 23.5 Å². The van der Waals surface area contributed by atoms with Gasteiger partial charge in [0.2, 0.25) is 0 Å². The topological polar surface area (TPSA) is 107 Å². The van der Waals surface area contributed by atoms with Crippen LogP contribution in [-0.4, -0.2) is 51.9 Å². The van der Waals surface area contributed by atoms with E-state index in [1.807, 2.05) is 12.1 Å². The monoisotopic (exact) mass is 467 g/mol. The Balaban J connectivity index is 1.40. The van der Waals surface area contributed by atoms with Gasteiger partial charge < -0.3 is 10.0 Å². The Hall–Kier alpha value is -3.03. The molecule has 2 unspecified atom stereocenters. The summed E-state index contributed by atoms with van der Waals surface area (Å²) in [6, 6.07) is 4.88. The molecule has 4 rings (SSSR count). The third-order valence-corrected chi connectivity index (χ3v) is 7.87. The number of allylic oxidation sites excluding steroid dienone is 2. The average molecular weight is 468 g/mol. The molecule has 1 aromatic carbocycles. The smallest absolute Gasteiger partial charge is 0.327 e. The number of imide groups is 1. The summed E-state index contributed by atoms with van der Waals surface area (Å²) >= 11 is 0. The van der Waals surface area contributed by atoms with Crippen LogP contribution in [0.5, 0.6) is 0 Å². The first-order valence-corrected chi connectivity index (χ1v) is 12.1. The summed E-state index contributed by atoms with van der Waals surface area (Å²) in [7, 11) is 1.59. The minimum absolute atomic E-state index is 0.0953. The van der Waals surface area contributed by atoms with Crippen molar-refractivity contribution in [1.29, 1.82) is 0 Å². The first kappa shape index (κ1) is 24.1. The number of amides is 3. The van der Waals surface area contributed by atoms with Crippen molar-refractivity contribution >= 4 is 23.5 Å². The summed E-state index contributed by atoms with van der Waals surface area (Å²) < 4.78 is 0. The minimum atomic E-state index is -0.997. The van der Waals surface area contributed by atoms with Crippen molar-refractivity contribution in [3.05, 3.63) is 45.4 Å². The largest absolute Gasteiger partial charge is 0.481 e. The number of nitrogens with zero attached hydrogens (tertiary/aromatic N) is 3. The van der Waals surface area contributed by atoms with E-state index in [1.54, 1.807) is 20.9 Å². The number of hydrogen-bond acceptors (Lipinski definition) is 5. The summed E-state index contributed by atoms with van der Waals surface area (Å²) in [5, 5.41) is 13.1. The van der Waals surface area contributed by atoms with Gasteiger partial charge in [-0.05, 0) is 87.5 Å². The van der Waals surface area contributed by atoms with Crippen LogP contribution in [-0.2, 0) is 16.0 Å². The molecule has 1 saturated heterocycles. The first-order valence-electron chi connectivity index (χ1n) is 12.1. The standard InChI is InChI=1S/C26H33N3O5/c1-26(2)24(32)29(25(33)28(26)3)12-6-8-18(23(30)31)15-22(27-34)17-10-11-21-19(14-17)13-16-7-4-5-9-20(16)21/h10-11,14,18,22H,4-9,12-13,15H2,1-3H3,(H,30,31). The number of fused-ring (bicyclic) bond motifs is 2. The molecule has 2 aliphatic carbocycles. The fourth-order valence-corrected chi connectivity index (χ4v) is 5.50. The van der Waals surface area contributed by atoms with Gasteiger partial charge in [0.1, 0.15) is 11.6 Å². The number of carbonyl (C=O) groups excluding carboxylic acids is 2. The maximum absolute atomic E-state index is 12.5. The van der Waals surface area contributed by atoms with Gasteiger partial charge in [0.05, 0.1) is 5.92 Å². The quantitative estimate of drug-likeness (QED) is 0.410. The second-order valence-corrected chi connectivity index (χ2v) is 10.3. The summed E-state index contributed by atoms with van der Waals surface area (Å²) in [4.78, 5) is 51.2. The molecule has 0 bridgehead atoms. The molecule has 1 aliphatic heterocycles. The van der Waals surface area contributed by atoms with Gasteiger partial charge >= 0.3 is 12.0 Å². The summed E-state index contributed by atoms with van der Waals surface area (Å²) in [6.07, 6.45) is 6.28. The van der Waals surface area contributed by atoms with Crippen molar-refractivity contribution in [1.82, 2.24) is 9.80 Å². The zero-order chi connectivity index (χ0) is 24.6. The molecule has 34 heavy (non-hydrogen) atoms. The van der Waals surface area contributed by atoms with Gasteiger partial charge in [0.15, 0.2) is 0 Å². The summed E-state index contributed by atoms with van der Waals surface area (Å²) in [5.74, 6) is -2.07. The van der Waals surface area contributed by atoms with Crippen LogP contribution >= 0.6 is 0 Å². The van der Waals surface area contributed by atoms with Crippen molar-refractivity contribution in [2.75, 3.05) is 13.6 Å². The lowest BCUT2D eigenvalue weighted by Gasteiger charge is -2.22. The second kappa shape index (κ2) is 9.31. The Morgan fingerprint density at radius 1 is 1.21 bits per heavy atom. The molecule has 2 atom stereocenters. The number of hydrogen-bond donors (Lipinski definition) is 1. The molecule has 1 fully saturated rings. The van der Waals surface area contributed by atoms with Crippen LogP contribution in [0.4, 0.5) is 4.79 Å². The first-order chi connectivity index (χ1) is 16.1. The summed E-state index contributed by atoms with van der Waals surface area (Å²) in [5.41, 5.74) is 5.28. The average Bonchev–Trinajstić information content (AvgIpc) is 3.25. The van der Waals surface area contributed by atoms with E-state index in [0.717, 1.165) is 24.8 Å². The van der Waals surface area contributed by atoms with Gasteiger partial charge in [-0.15, -0.1) is 0 Å². The molecular formula is C26H33N3O5. The van der Waals surface area contributed by atoms with Crippen molar-refractivity contribution in [2.45, 2.75) is 76.8 Å². The summed E-state index contributed by atoms with van der Waals surface area (Å²) in [6.45, 7) is 3.54. The Bertz CT molecular complexity index is 1060. The molecule has 3 amide bonds. The van der Waals surface area contributed by atoms with Crippen molar-refractivity contribution in [3.8, 4) is 0 Å². The van der Waals surface area contributed by atoms with Gasteiger partial charge in [-0.25, -0.2) is 4.79 Å². The number of aliphatic carboxylic acids is 1. The van der Waals surface area contributed by atoms with Crippen molar-refractivity contribution in [2.24, 2.45) is 11.1 Å². The number of likely N-dealkylation sites (N-methyl/N-ethyl adjacent to an activating group) is 1. The Morgan fingerprint density at radius 2 is 1.94 bits per heavy atom. The van der Waals surface area contributed by atoms with Crippen LogP contribution in [0.2, 0.25) is 0 Å². The number of carboxylic acids is 1. The maximum atomic E-state index is 12.5. The molecule has 1 N–H and O–H groups in total. The molecular weight excluding hydrogens is 434 g/mol. The highest BCUT2D eigenvalue weighted by molar-refractivity contribution is 6.06. The minimum Gasteiger partial charge on any atom is -0.481 e. The van der Waals surface area contributed by atoms with Crippen LogP contribution in [0.15, 0.2) is 28.9 Å². The SMILES string of the molecule is CN1C(=O)N(CCCC(CC(N=O)c2ccc3c(c2)CC2=C3CCCC2)C(=O)O)C(=O)C1(C)C. The van der Waals surface area contributed by atoms with Crippen molar-refractivity contribution in [3.63, 3.8) is 0 Å². The lowest BCUT2D eigenvalue weighted by molar-refractivity contribution is -0.142. The van der Waals surface area contributed by atoms with Gasteiger partial charge in [0, 0.05) is 13.6 Å². The third kappa shape index (κ3) is 4.26. The van der Waals surface area contributed by atoms with Gasteiger partial charge in [0.25, 0.3) is 5.91 Å². The van der Waals surface area contributed by atoms with Crippen LogP contribution < -0.4 is 0 Å². The van der Waals surface area contributed by atoms with Crippen LogP contribution in [0.3, 0.4) is 0 Å². The number of benzene rings is 1. The van der Waals surface area contributed by atoms with Crippen molar-refractivity contribution < 1.29 is 19.5 Å². The molecule has 0 aromatic heterocycles. The fourth-order valence-electron chi connectivity index (χ4n) is 5.50. The highest BCUT2D eigenvalue weighted by Crippen LogP contribution is 2.42. The van der Waals surface area contributed by atoms with E-state index >= 15 is 0 Å². The van der Waals surface area contributed by atoms with Crippen LogP contribution in [0, 0.1) is 10.8 Å². The zero-order valence-corrected chi connectivity index (χ0v) is 20.2. The highest BCUT2D eigenvalue weighted by atomic mass is 16.4. The van der Waals surface area contributed by atoms with E-state index in [9.17, 15) is 24.4 Å². The van der Waals surface area contributed by atoms with Gasteiger partial charge in [-0.2, -0.15) is 4.91 Å². The lowest BCUT2D eigenvalue weighted by atomic mass is 9.89. The molecule has 182 valence electrons. The Kier molecular flexibility index (Phi) is 6.60. The predicted octanol–water partition coefficient (Wildman–Crippen LogP) is 4.92. The molecule has 0 spiro atoms. The third-order valence-electron chi connectivity index (χ3n) is 7.87. The van der Waals surface area contributed by atoms with E-state index in [1.165, 1.54) is 44.9 Å². The number of urea groups is 1. The van der Waals surface area contributed by atoms with Gasteiger partial charge in [-0.3, -0.25) is 14.5 Å². The molecule has 3 aliphatic rings. The second-order valence-electron chi connectivity index (χ2n) is 10.3. The zero-order valence-electron chi connectivity index (χ0n) is 20.2. The molecule has 0 radical (unpaired) electrons. The van der Waals surface area contributed by atoms with E-state index in [-0.39, 0.29) is 31.3 Å². The number of nitroso groups, excluding NO2 is 1. The number of rotatable bonds is 9. The molecule has 8 nitrogen and oxygen atoms in total. The molecule has 8 heteroatoms. The number of carbonyl (C=O) groups is 3. The normalized spacial score (nSPS) is 20.9. The number of carboxylic acid groups (broad SMARTS) is 1. The van der Waals surface area contributed by atoms with Crippen LogP contribution in [0.25, 0.3) is 5.57 Å². The molecule has 1 heterocycles. The van der Waals surface area contributed by atoms with E-state index in [2.05, 4.69) is 11.2 Å². The maximum Gasteiger partial charge on any atom is 0.327 e. The van der Waals surface area contributed by atoms with Gasteiger partial charge in [-0.1, -0.05) is 28.9 Å². The Labute approximate surface area is 200 Å². The predicted molar refractivity (Wildman–Crippen MR) is 128 cm³/mol. The molecule has 0 saturated carbocycles. The molecule has 1 aromatic rings.